The molecule has 0 radical (unpaired) electrons. The van der Waals surface area contributed by atoms with Crippen molar-refractivity contribution in [2.75, 3.05) is 5.32 Å². The molecule has 32 heavy (non-hydrogen) atoms. The average Bonchev–Trinajstić information content (AvgIpc) is 3.43. The van der Waals surface area contributed by atoms with Gasteiger partial charge in [-0.1, -0.05) is 30.3 Å². The first-order valence-corrected chi connectivity index (χ1v) is 11.5. The lowest BCUT2D eigenvalue weighted by Crippen LogP contribution is -2.15. The molecule has 3 heterocycles. The minimum absolute atomic E-state index is 0.157. The number of aryl methyl sites for hydroxylation is 1. The SMILES string of the molecule is O=C(Cc1nccs1)Nc1cc(-c2[nH]c3c(c2Cc2ccccc2)C(=O)CCC3)ccn1. The van der Waals surface area contributed by atoms with Gasteiger partial charge in [0, 0.05) is 47.4 Å². The molecule has 0 bridgehead atoms. The van der Waals surface area contributed by atoms with Gasteiger partial charge in [-0.05, 0) is 36.1 Å². The Morgan fingerprint density at radius 3 is 2.78 bits per heavy atom. The van der Waals surface area contributed by atoms with Crippen molar-refractivity contribution in [3.05, 3.63) is 87.6 Å². The number of carbonyl (C=O) groups excluding carboxylic acids is 2. The van der Waals surface area contributed by atoms with Crippen molar-refractivity contribution in [2.24, 2.45) is 0 Å². The third kappa shape index (κ3) is 4.24. The largest absolute Gasteiger partial charge is 0.358 e. The topological polar surface area (TPSA) is 87.7 Å². The van der Waals surface area contributed by atoms with Gasteiger partial charge in [-0.2, -0.15) is 0 Å². The summed E-state index contributed by atoms with van der Waals surface area (Å²) >= 11 is 1.45. The van der Waals surface area contributed by atoms with Crippen LogP contribution in [0, 0.1) is 0 Å². The number of rotatable bonds is 6. The van der Waals surface area contributed by atoms with Crippen LogP contribution in [0.5, 0.6) is 0 Å². The maximum absolute atomic E-state index is 12.8. The van der Waals surface area contributed by atoms with Crippen molar-refractivity contribution in [3.63, 3.8) is 0 Å². The highest BCUT2D eigenvalue weighted by molar-refractivity contribution is 7.09. The standard InChI is InChI=1S/C25H22N4O2S/c30-20-8-4-7-19-24(20)18(13-16-5-2-1-3-6-16)25(28-19)17-9-10-26-21(14-17)29-22(31)15-23-27-11-12-32-23/h1-3,5-6,9-12,14,28H,4,7-8,13,15H2,(H,26,29,31). The summed E-state index contributed by atoms with van der Waals surface area (Å²) < 4.78 is 0. The zero-order valence-electron chi connectivity index (χ0n) is 17.4. The molecule has 0 saturated heterocycles. The molecule has 4 aromatic rings. The number of carbonyl (C=O) groups is 2. The number of benzene rings is 1. The molecular formula is C25H22N4O2S. The number of Topliss-reactive ketones (excluding diaryl/α,β-unsaturated/α-hetero) is 1. The minimum Gasteiger partial charge on any atom is -0.358 e. The number of fused-ring (bicyclic) bond motifs is 1. The van der Waals surface area contributed by atoms with Gasteiger partial charge in [0.25, 0.3) is 0 Å². The Morgan fingerprint density at radius 1 is 1.09 bits per heavy atom. The summed E-state index contributed by atoms with van der Waals surface area (Å²) in [6, 6.07) is 13.9. The van der Waals surface area contributed by atoms with Gasteiger partial charge in [-0.25, -0.2) is 9.97 Å². The summed E-state index contributed by atoms with van der Waals surface area (Å²) in [4.78, 5) is 37.2. The van der Waals surface area contributed by atoms with E-state index in [1.165, 1.54) is 11.3 Å². The average molecular weight is 443 g/mol. The third-order valence-electron chi connectivity index (χ3n) is 5.63. The zero-order chi connectivity index (χ0) is 21.9. The normalized spacial score (nSPS) is 13.1. The Bertz CT molecular complexity index is 1260. The van der Waals surface area contributed by atoms with Crippen molar-refractivity contribution in [2.45, 2.75) is 32.1 Å². The molecule has 6 nitrogen and oxygen atoms in total. The Kier molecular flexibility index (Phi) is 5.64. The van der Waals surface area contributed by atoms with E-state index < -0.39 is 0 Å². The van der Waals surface area contributed by atoms with Crippen molar-refractivity contribution in [1.29, 1.82) is 0 Å². The van der Waals surface area contributed by atoms with Gasteiger partial charge in [0.2, 0.25) is 5.91 Å². The molecule has 0 atom stereocenters. The van der Waals surface area contributed by atoms with Gasteiger partial charge in [0.1, 0.15) is 10.8 Å². The van der Waals surface area contributed by atoms with Crippen molar-refractivity contribution in [3.8, 4) is 11.3 Å². The number of ketones is 1. The van der Waals surface area contributed by atoms with Gasteiger partial charge in [0.05, 0.1) is 12.1 Å². The fourth-order valence-electron chi connectivity index (χ4n) is 4.21. The maximum atomic E-state index is 12.8. The molecular weight excluding hydrogens is 420 g/mol. The summed E-state index contributed by atoms with van der Waals surface area (Å²) in [7, 11) is 0. The lowest BCUT2D eigenvalue weighted by atomic mass is 9.90. The molecule has 1 amide bonds. The Hall–Kier alpha value is -3.58. The van der Waals surface area contributed by atoms with E-state index in [0.29, 0.717) is 18.7 Å². The van der Waals surface area contributed by atoms with Crippen LogP contribution in [0.25, 0.3) is 11.3 Å². The summed E-state index contributed by atoms with van der Waals surface area (Å²) in [5.41, 5.74) is 5.83. The minimum atomic E-state index is -0.157. The molecule has 1 aliphatic carbocycles. The summed E-state index contributed by atoms with van der Waals surface area (Å²) in [5.74, 6) is 0.523. The number of pyridine rings is 1. The molecule has 2 N–H and O–H groups in total. The Balaban J connectivity index is 1.48. The molecule has 5 rings (SSSR count). The van der Waals surface area contributed by atoms with E-state index in [9.17, 15) is 9.59 Å². The molecule has 3 aromatic heterocycles. The Morgan fingerprint density at radius 2 is 1.97 bits per heavy atom. The molecule has 0 saturated carbocycles. The number of nitrogens with one attached hydrogen (secondary N) is 2. The number of nitrogens with zero attached hydrogens (tertiary/aromatic N) is 2. The quantitative estimate of drug-likeness (QED) is 0.448. The first-order valence-electron chi connectivity index (χ1n) is 10.6. The highest BCUT2D eigenvalue weighted by atomic mass is 32.1. The summed E-state index contributed by atoms with van der Waals surface area (Å²) in [6.07, 6.45) is 6.57. The highest BCUT2D eigenvalue weighted by Gasteiger charge is 2.26. The summed E-state index contributed by atoms with van der Waals surface area (Å²) in [5, 5.41) is 5.48. The van der Waals surface area contributed by atoms with E-state index in [4.69, 9.17) is 0 Å². The maximum Gasteiger partial charge on any atom is 0.232 e. The molecule has 0 fully saturated rings. The number of hydrogen-bond donors (Lipinski definition) is 2. The molecule has 7 heteroatoms. The Labute approximate surface area is 189 Å². The lowest BCUT2D eigenvalue weighted by molar-refractivity contribution is -0.115. The van der Waals surface area contributed by atoms with E-state index in [2.05, 4.69) is 32.4 Å². The molecule has 1 aliphatic rings. The first-order chi connectivity index (χ1) is 15.7. The number of H-pyrrole nitrogens is 1. The second kappa shape index (κ2) is 8.88. The van der Waals surface area contributed by atoms with Crippen molar-refractivity contribution in [1.82, 2.24) is 15.0 Å². The van der Waals surface area contributed by atoms with Gasteiger partial charge < -0.3 is 10.3 Å². The lowest BCUT2D eigenvalue weighted by Gasteiger charge is -2.12. The first kappa shape index (κ1) is 20.3. The number of anilines is 1. The van der Waals surface area contributed by atoms with Crippen molar-refractivity contribution >= 4 is 28.8 Å². The number of thiazole rings is 1. The van der Waals surface area contributed by atoms with Crippen LogP contribution in [-0.4, -0.2) is 26.6 Å². The van der Waals surface area contributed by atoms with E-state index in [1.807, 2.05) is 35.7 Å². The van der Waals surface area contributed by atoms with Crippen LogP contribution in [0.3, 0.4) is 0 Å². The van der Waals surface area contributed by atoms with Crippen LogP contribution < -0.4 is 5.32 Å². The van der Waals surface area contributed by atoms with E-state index in [0.717, 1.165) is 51.5 Å². The van der Waals surface area contributed by atoms with Crippen LogP contribution in [0.2, 0.25) is 0 Å². The van der Waals surface area contributed by atoms with Crippen LogP contribution in [0.4, 0.5) is 5.82 Å². The second-order valence-electron chi connectivity index (χ2n) is 7.85. The van der Waals surface area contributed by atoms with Gasteiger partial charge in [0.15, 0.2) is 5.78 Å². The predicted molar refractivity (Wildman–Crippen MR) is 125 cm³/mol. The van der Waals surface area contributed by atoms with E-state index in [-0.39, 0.29) is 18.1 Å². The van der Waals surface area contributed by atoms with E-state index >= 15 is 0 Å². The number of amides is 1. The van der Waals surface area contributed by atoms with Crippen LogP contribution in [-0.2, 0) is 24.1 Å². The predicted octanol–water partition coefficient (Wildman–Crippen LogP) is 4.82. The second-order valence-corrected chi connectivity index (χ2v) is 8.83. The zero-order valence-corrected chi connectivity index (χ0v) is 18.2. The highest BCUT2D eigenvalue weighted by Crippen LogP contribution is 2.35. The monoisotopic (exact) mass is 442 g/mol. The fourth-order valence-corrected chi connectivity index (χ4v) is 4.83. The van der Waals surface area contributed by atoms with Crippen LogP contribution in [0.1, 0.15) is 45.0 Å². The summed E-state index contributed by atoms with van der Waals surface area (Å²) in [6.45, 7) is 0. The number of aromatic nitrogens is 3. The van der Waals surface area contributed by atoms with Gasteiger partial charge in [-0.3, -0.25) is 9.59 Å². The molecule has 0 spiro atoms. The number of hydrogen-bond acceptors (Lipinski definition) is 5. The number of aromatic amines is 1. The van der Waals surface area contributed by atoms with Gasteiger partial charge in [-0.15, -0.1) is 11.3 Å². The van der Waals surface area contributed by atoms with Crippen LogP contribution >= 0.6 is 11.3 Å². The molecule has 0 unspecified atom stereocenters. The smallest absolute Gasteiger partial charge is 0.232 e. The third-order valence-corrected chi connectivity index (χ3v) is 6.41. The molecule has 0 aliphatic heterocycles. The van der Waals surface area contributed by atoms with E-state index in [1.54, 1.807) is 12.4 Å². The van der Waals surface area contributed by atoms with Crippen molar-refractivity contribution < 1.29 is 9.59 Å². The van der Waals surface area contributed by atoms with Gasteiger partial charge >= 0.3 is 0 Å². The fraction of sp³-hybridized carbons (Fsp3) is 0.200. The van der Waals surface area contributed by atoms with Crippen LogP contribution in [0.15, 0.2) is 60.2 Å². The molecule has 160 valence electrons. The molecule has 1 aromatic carbocycles.